The summed E-state index contributed by atoms with van der Waals surface area (Å²) in [6, 6.07) is 10.4. The van der Waals surface area contributed by atoms with Gasteiger partial charge in [0.1, 0.15) is 6.54 Å². The maximum absolute atomic E-state index is 12.0. The van der Waals surface area contributed by atoms with Crippen molar-refractivity contribution >= 4 is 23.6 Å². The average Bonchev–Trinajstić information content (AvgIpc) is 2.65. The summed E-state index contributed by atoms with van der Waals surface area (Å²) in [5.41, 5.74) is 1.30. The Morgan fingerprint density at radius 1 is 1.35 bits per heavy atom. The summed E-state index contributed by atoms with van der Waals surface area (Å²) < 4.78 is 0. The Bertz CT molecular complexity index is 589. The Balaban J connectivity index is 2.00. The zero-order valence-electron chi connectivity index (χ0n) is 16.4. The van der Waals surface area contributed by atoms with E-state index in [4.69, 9.17) is 0 Å². The van der Waals surface area contributed by atoms with E-state index in [2.05, 4.69) is 53.3 Å². The third kappa shape index (κ3) is 6.56. The molecule has 1 heterocycles. The molecule has 144 valence electrons. The maximum atomic E-state index is 12.0. The lowest BCUT2D eigenvalue weighted by Crippen LogP contribution is -2.49. The predicted octanol–water partition coefficient (Wildman–Crippen LogP) is 2.34. The molecular formula is C20H32N4OS. The molecule has 1 unspecified atom stereocenters. The summed E-state index contributed by atoms with van der Waals surface area (Å²) in [7, 11) is 3.54. The lowest BCUT2D eigenvalue weighted by Gasteiger charge is -2.36. The highest BCUT2D eigenvalue weighted by atomic mass is 32.2. The van der Waals surface area contributed by atoms with Crippen LogP contribution in [-0.2, 0) is 11.2 Å². The fourth-order valence-electron chi connectivity index (χ4n) is 2.79. The Morgan fingerprint density at radius 2 is 2.08 bits per heavy atom. The van der Waals surface area contributed by atoms with Crippen LogP contribution in [0.1, 0.15) is 19.4 Å². The highest BCUT2D eigenvalue weighted by Gasteiger charge is 2.25. The molecule has 0 radical (unpaired) electrons. The molecule has 1 aliphatic rings. The van der Waals surface area contributed by atoms with Gasteiger partial charge in [-0.15, -0.1) is 0 Å². The molecule has 0 aliphatic carbocycles. The first kappa shape index (κ1) is 20.6. The summed E-state index contributed by atoms with van der Waals surface area (Å²) in [6.45, 7) is 7.51. The van der Waals surface area contributed by atoms with E-state index in [9.17, 15) is 4.79 Å². The fraction of sp³-hybridized carbons (Fsp3) is 0.600. The quantitative estimate of drug-likeness (QED) is 0.612. The summed E-state index contributed by atoms with van der Waals surface area (Å²) in [5.74, 6) is 2.63. The molecule has 2 rings (SSSR count). The number of hydrogen-bond donors (Lipinski definition) is 1. The van der Waals surface area contributed by atoms with Crippen molar-refractivity contribution in [1.29, 1.82) is 0 Å². The molecule has 26 heavy (non-hydrogen) atoms. The van der Waals surface area contributed by atoms with Crippen LogP contribution in [0.2, 0.25) is 0 Å². The number of carbonyl (C=O) groups is 1. The zero-order valence-corrected chi connectivity index (χ0v) is 17.3. The number of amides is 1. The van der Waals surface area contributed by atoms with E-state index in [1.165, 1.54) is 5.56 Å². The molecule has 0 aromatic heterocycles. The van der Waals surface area contributed by atoms with E-state index in [0.717, 1.165) is 37.8 Å². The van der Waals surface area contributed by atoms with Crippen LogP contribution < -0.4 is 5.32 Å². The van der Waals surface area contributed by atoms with Gasteiger partial charge in [0.2, 0.25) is 5.91 Å². The molecule has 6 heteroatoms. The Kier molecular flexibility index (Phi) is 8.29. The first-order valence-electron chi connectivity index (χ1n) is 9.36. The van der Waals surface area contributed by atoms with Crippen molar-refractivity contribution in [2.24, 2.45) is 10.9 Å². The molecule has 1 fully saturated rings. The Morgan fingerprint density at radius 3 is 2.73 bits per heavy atom. The molecule has 1 aromatic carbocycles. The molecule has 0 spiro atoms. The van der Waals surface area contributed by atoms with Gasteiger partial charge in [-0.25, -0.2) is 4.99 Å². The first-order chi connectivity index (χ1) is 12.5. The smallest absolute Gasteiger partial charge is 0.243 e. The third-order valence-corrected chi connectivity index (χ3v) is 6.08. The van der Waals surface area contributed by atoms with E-state index < -0.39 is 0 Å². The second-order valence-corrected chi connectivity index (χ2v) is 8.54. The number of guanidine groups is 1. The van der Waals surface area contributed by atoms with Gasteiger partial charge in [-0.2, -0.15) is 11.8 Å². The minimum atomic E-state index is 0.0270. The molecule has 1 N–H and O–H groups in total. The van der Waals surface area contributed by atoms with Crippen LogP contribution >= 0.6 is 11.8 Å². The summed E-state index contributed by atoms with van der Waals surface area (Å²) in [6.07, 6.45) is 0.942. The van der Waals surface area contributed by atoms with Gasteiger partial charge >= 0.3 is 0 Å². The zero-order chi connectivity index (χ0) is 18.9. The minimum Gasteiger partial charge on any atom is -0.356 e. The number of rotatable bonds is 6. The lowest BCUT2D eigenvalue weighted by atomic mass is 10.1. The molecule has 1 amide bonds. The number of nitrogens with zero attached hydrogens (tertiary/aromatic N) is 3. The summed E-state index contributed by atoms with van der Waals surface area (Å²) in [5, 5.41) is 4.09. The van der Waals surface area contributed by atoms with Crippen LogP contribution in [0.25, 0.3) is 0 Å². The van der Waals surface area contributed by atoms with Crippen molar-refractivity contribution in [1.82, 2.24) is 15.1 Å². The summed E-state index contributed by atoms with van der Waals surface area (Å²) in [4.78, 5) is 20.5. The second-order valence-electron chi connectivity index (χ2n) is 7.19. The molecule has 1 aromatic rings. The fourth-order valence-corrected chi connectivity index (χ4v) is 4.08. The second kappa shape index (κ2) is 10.5. The number of carbonyl (C=O) groups excluding carboxylic acids is 1. The normalized spacial score (nSPS) is 18.1. The van der Waals surface area contributed by atoms with Gasteiger partial charge in [0.25, 0.3) is 0 Å². The summed E-state index contributed by atoms with van der Waals surface area (Å²) >= 11 is 2.04. The minimum absolute atomic E-state index is 0.0270. The molecule has 1 atom stereocenters. The van der Waals surface area contributed by atoms with Gasteiger partial charge < -0.3 is 15.1 Å². The molecule has 1 saturated heterocycles. The Hall–Kier alpha value is -1.69. The van der Waals surface area contributed by atoms with Crippen LogP contribution in [-0.4, -0.2) is 72.9 Å². The lowest BCUT2D eigenvalue weighted by molar-refractivity contribution is -0.127. The maximum Gasteiger partial charge on any atom is 0.243 e. The van der Waals surface area contributed by atoms with Crippen molar-refractivity contribution in [3.05, 3.63) is 35.9 Å². The Labute approximate surface area is 162 Å². The first-order valence-corrected chi connectivity index (χ1v) is 10.4. The SMILES string of the molecule is CC(C)C1CN(C(=NCC(=O)N(C)C)NCCc2ccccc2)CCS1. The number of aliphatic imine (C=N–C) groups is 1. The van der Waals surface area contributed by atoms with Gasteiger partial charge in [-0.1, -0.05) is 44.2 Å². The van der Waals surface area contributed by atoms with Gasteiger partial charge in [-0.05, 0) is 17.9 Å². The van der Waals surface area contributed by atoms with E-state index in [1.807, 2.05) is 17.8 Å². The van der Waals surface area contributed by atoms with Crippen LogP contribution in [0, 0.1) is 5.92 Å². The predicted molar refractivity (Wildman–Crippen MR) is 112 cm³/mol. The largest absolute Gasteiger partial charge is 0.356 e. The van der Waals surface area contributed by atoms with Crippen LogP contribution in [0.15, 0.2) is 35.3 Å². The molecular weight excluding hydrogens is 344 g/mol. The molecule has 0 bridgehead atoms. The van der Waals surface area contributed by atoms with Gasteiger partial charge in [0.15, 0.2) is 5.96 Å². The van der Waals surface area contributed by atoms with Crippen molar-refractivity contribution in [2.45, 2.75) is 25.5 Å². The van der Waals surface area contributed by atoms with Crippen LogP contribution in [0.3, 0.4) is 0 Å². The number of nitrogens with one attached hydrogen (secondary N) is 1. The van der Waals surface area contributed by atoms with Gasteiger partial charge in [-0.3, -0.25) is 4.79 Å². The number of hydrogen-bond acceptors (Lipinski definition) is 3. The van der Waals surface area contributed by atoms with Crippen LogP contribution in [0.5, 0.6) is 0 Å². The van der Waals surface area contributed by atoms with Crippen LogP contribution in [0.4, 0.5) is 0 Å². The number of thioether (sulfide) groups is 1. The average molecular weight is 377 g/mol. The van der Waals surface area contributed by atoms with Crippen molar-refractivity contribution in [3.8, 4) is 0 Å². The van der Waals surface area contributed by atoms with Gasteiger partial charge in [0, 0.05) is 44.7 Å². The molecule has 0 saturated carbocycles. The molecule has 5 nitrogen and oxygen atoms in total. The number of benzene rings is 1. The molecule has 1 aliphatic heterocycles. The highest BCUT2D eigenvalue weighted by Crippen LogP contribution is 2.24. The monoisotopic (exact) mass is 376 g/mol. The van der Waals surface area contributed by atoms with E-state index in [0.29, 0.717) is 11.2 Å². The van der Waals surface area contributed by atoms with E-state index in [1.54, 1.807) is 19.0 Å². The standard InChI is InChI=1S/C20H32N4OS/c1-16(2)18-15-24(12-13-26-18)20(22-14-19(25)23(3)4)21-11-10-17-8-6-5-7-9-17/h5-9,16,18H,10-15H2,1-4H3,(H,21,22). The van der Waals surface area contributed by atoms with Crippen molar-refractivity contribution in [2.75, 3.05) is 46.0 Å². The topological polar surface area (TPSA) is 47.9 Å². The van der Waals surface area contributed by atoms with Crippen molar-refractivity contribution in [3.63, 3.8) is 0 Å². The third-order valence-electron chi connectivity index (χ3n) is 4.54. The van der Waals surface area contributed by atoms with Gasteiger partial charge in [0.05, 0.1) is 0 Å². The number of likely N-dealkylation sites (N-methyl/N-ethyl adjacent to an activating group) is 1. The van der Waals surface area contributed by atoms with E-state index >= 15 is 0 Å². The van der Waals surface area contributed by atoms with E-state index in [-0.39, 0.29) is 12.5 Å². The van der Waals surface area contributed by atoms with Crippen molar-refractivity contribution < 1.29 is 4.79 Å². The highest BCUT2D eigenvalue weighted by molar-refractivity contribution is 8.00.